The van der Waals surface area contributed by atoms with Crippen LogP contribution >= 0.6 is 0 Å². The highest BCUT2D eigenvalue weighted by Crippen LogP contribution is 2.33. The highest BCUT2D eigenvalue weighted by molar-refractivity contribution is 5.98. The maximum atomic E-state index is 13.4. The number of piperidine rings is 2. The smallest absolute Gasteiger partial charge is 0.247 e. The Kier molecular flexibility index (Phi) is 6.47. The Morgan fingerprint density at radius 1 is 1.14 bits per heavy atom. The standard InChI is InChI=1S/C22H32N4O3/c1-29-14-8-11-24-15-18(21(27)25-12-6-3-7-13-25)20-19(16-24)22(28)26(23-20)17-9-4-2-5-10-17/h2,4-5,9-10,18-20,23H,3,6-8,11-16H2,1H3. The molecule has 0 saturated carbocycles. The van der Waals surface area contributed by atoms with Crippen molar-refractivity contribution in [1.29, 1.82) is 0 Å². The van der Waals surface area contributed by atoms with Crippen molar-refractivity contribution in [2.75, 3.05) is 51.4 Å². The third-order valence-electron chi connectivity index (χ3n) is 6.41. The molecule has 29 heavy (non-hydrogen) atoms. The molecule has 0 bridgehead atoms. The van der Waals surface area contributed by atoms with Crippen molar-refractivity contribution >= 4 is 17.5 Å². The van der Waals surface area contributed by atoms with Crippen molar-refractivity contribution in [2.24, 2.45) is 11.8 Å². The number of fused-ring (bicyclic) bond motifs is 1. The molecule has 4 rings (SSSR count). The van der Waals surface area contributed by atoms with Crippen molar-refractivity contribution in [3.8, 4) is 0 Å². The number of carbonyl (C=O) groups excluding carboxylic acids is 2. The number of nitrogens with zero attached hydrogens (tertiary/aromatic N) is 3. The Balaban J connectivity index is 1.55. The molecule has 3 unspecified atom stereocenters. The van der Waals surface area contributed by atoms with Gasteiger partial charge in [0, 0.05) is 46.4 Å². The highest BCUT2D eigenvalue weighted by Gasteiger charge is 2.51. The summed E-state index contributed by atoms with van der Waals surface area (Å²) in [7, 11) is 1.71. The molecule has 3 heterocycles. The van der Waals surface area contributed by atoms with Crippen molar-refractivity contribution in [1.82, 2.24) is 15.2 Å². The van der Waals surface area contributed by atoms with Crippen LogP contribution in [0.15, 0.2) is 30.3 Å². The number of hydrazine groups is 1. The highest BCUT2D eigenvalue weighted by atomic mass is 16.5. The molecule has 158 valence electrons. The van der Waals surface area contributed by atoms with E-state index in [2.05, 4.69) is 10.3 Å². The number of benzene rings is 1. The summed E-state index contributed by atoms with van der Waals surface area (Å²) in [6.07, 6.45) is 4.25. The number of methoxy groups -OCH3 is 1. The van der Waals surface area contributed by atoms with Crippen LogP contribution in [0.4, 0.5) is 5.69 Å². The SMILES string of the molecule is COCCCN1CC(C(=O)N2CCCCC2)C2NN(c3ccccc3)C(=O)C2C1. The van der Waals surface area contributed by atoms with E-state index in [0.717, 1.165) is 44.6 Å². The zero-order valence-corrected chi connectivity index (χ0v) is 17.3. The van der Waals surface area contributed by atoms with Crippen LogP contribution in [0, 0.1) is 11.8 Å². The lowest BCUT2D eigenvalue weighted by Crippen LogP contribution is -2.58. The minimum absolute atomic E-state index is 0.0640. The first-order chi connectivity index (χ1) is 14.2. The van der Waals surface area contributed by atoms with E-state index in [4.69, 9.17) is 4.74 Å². The lowest BCUT2D eigenvalue weighted by Gasteiger charge is -2.41. The van der Waals surface area contributed by atoms with Gasteiger partial charge in [0.05, 0.1) is 23.6 Å². The number of rotatable bonds is 6. The van der Waals surface area contributed by atoms with E-state index >= 15 is 0 Å². The first-order valence-electron chi connectivity index (χ1n) is 10.8. The van der Waals surface area contributed by atoms with Crippen LogP contribution in [-0.2, 0) is 14.3 Å². The van der Waals surface area contributed by atoms with Gasteiger partial charge in [-0.1, -0.05) is 18.2 Å². The molecule has 0 radical (unpaired) electrons. The van der Waals surface area contributed by atoms with Crippen molar-refractivity contribution in [3.05, 3.63) is 30.3 Å². The normalized spacial score (nSPS) is 27.9. The third kappa shape index (κ3) is 4.32. The van der Waals surface area contributed by atoms with E-state index in [-0.39, 0.29) is 29.7 Å². The fraction of sp³-hybridized carbons (Fsp3) is 0.636. The zero-order valence-electron chi connectivity index (χ0n) is 17.3. The summed E-state index contributed by atoms with van der Waals surface area (Å²) in [4.78, 5) is 31.0. The van der Waals surface area contributed by atoms with E-state index in [1.54, 1.807) is 12.1 Å². The van der Waals surface area contributed by atoms with Crippen molar-refractivity contribution in [2.45, 2.75) is 31.7 Å². The summed E-state index contributed by atoms with van der Waals surface area (Å²) in [5.41, 5.74) is 4.24. The molecule has 3 saturated heterocycles. The average Bonchev–Trinajstić information content (AvgIpc) is 3.11. The summed E-state index contributed by atoms with van der Waals surface area (Å²) < 4.78 is 5.20. The topological polar surface area (TPSA) is 65.1 Å². The van der Waals surface area contributed by atoms with E-state index in [9.17, 15) is 9.59 Å². The molecule has 1 aromatic carbocycles. The Hall–Kier alpha value is -1.96. The molecule has 0 aliphatic carbocycles. The monoisotopic (exact) mass is 400 g/mol. The summed E-state index contributed by atoms with van der Waals surface area (Å²) in [6.45, 7) is 4.60. The second-order valence-electron chi connectivity index (χ2n) is 8.37. The molecule has 0 spiro atoms. The number of para-hydroxylation sites is 1. The molecule has 3 aliphatic rings. The van der Waals surface area contributed by atoms with Crippen LogP contribution in [-0.4, -0.2) is 74.1 Å². The third-order valence-corrected chi connectivity index (χ3v) is 6.41. The number of hydrogen-bond donors (Lipinski definition) is 1. The second-order valence-corrected chi connectivity index (χ2v) is 8.37. The lowest BCUT2D eigenvalue weighted by molar-refractivity contribution is -0.140. The molecule has 2 amide bonds. The number of carbonyl (C=O) groups is 2. The van der Waals surface area contributed by atoms with Gasteiger partial charge in [-0.2, -0.15) is 0 Å². The van der Waals surface area contributed by atoms with Crippen LogP contribution in [0.1, 0.15) is 25.7 Å². The first-order valence-corrected chi connectivity index (χ1v) is 10.8. The van der Waals surface area contributed by atoms with Gasteiger partial charge in [-0.15, -0.1) is 0 Å². The number of nitrogens with one attached hydrogen (secondary N) is 1. The van der Waals surface area contributed by atoms with E-state index in [1.165, 1.54) is 6.42 Å². The number of ether oxygens (including phenoxy) is 1. The Bertz CT molecular complexity index is 707. The molecule has 7 heteroatoms. The minimum atomic E-state index is -0.203. The van der Waals surface area contributed by atoms with E-state index in [1.807, 2.05) is 35.2 Å². The van der Waals surface area contributed by atoms with Crippen LogP contribution in [0.5, 0.6) is 0 Å². The minimum Gasteiger partial charge on any atom is -0.385 e. The number of amides is 2. The van der Waals surface area contributed by atoms with Crippen LogP contribution in [0.2, 0.25) is 0 Å². The number of likely N-dealkylation sites (tertiary alicyclic amines) is 2. The van der Waals surface area contributed by atoms with Crippen LogP contribution < -0.4 is 10.4 Å². The average molecular weight is 401 g/mol. The van der Waals surface area contributed by atoms with Crippen molar-refractivity contribution < 1.29 is 14.3 Å². The van der Waals surface area contributed by atoms with E-state index in [0.29, 0.717) is 19.7 Å². The van der Waals surface area contributed by atoms with Gasteiger partial charge in [0.25, 0.3) is 0 Å². The van der Waals surface area contributed by atoms with Crippen LogP contribution in [0.3, 0.4) is 0 Å². The van der Waals surface area contributed by atoms with Gasteiger partial charge >= 0.3 is 0 Å². The Labute approximate surface area is 172 Å². The van der Waals surface area contributed by atoms with E-state index < -0.39 is 0 Å². The van der Waals surface area contributed by atoms with Gasteiger partial charge < -0.3 is 14.5 Å². The second kappa shape index (κ2) is 9.24. The number of hydrogen-bond acceptors (Lipinski definition) is 5. The molecule has 3 fully saturated rings. The molecule has 1 aromatic rings. The summed E-state index contributed by atoms with van der Waals surface area (Å²) in [5.74, 6) is -0.141. The van der Waals surface area contributed by atoms with Gasteiger partial charge in [0.2, 0.25) is 11.8 Å². The lowest BCUT2D eigenvalue weighted by atomic mass is 9.83. The molecule has 0 aromatic heterocycles. The largest absolute Gasteiger partial charge is 0.385 e. The summed E-state index contributed by atoms with van der Waals surface area (Å²) in [6, 6.07) is 9.52. The summed E-state index contributed by atoms with van der Waals surface area (Å²) in [5, 5.41) is 1.66. The Morgan fingerprint density at radius 3 is 2.62 bits per heavy atom. The van der Waals surface area contributed by atoms with Gasteiger partial charge in [-0.3, -0.25) is 9.59 Å². The van der Waals surface area contributed by atoms with Gasteiger partial charge in [0.15, 0.2) is 0 Å². The van der Waals surface area contributed by atoms with Gasteiger partial charge in [-0.25, -0.2) is 10.4 Å². The Morgan fingerprint density at radius 2 is 1.90 bits per heavy atom. The summed E-state index contributed by atoms with van der Waals surface area (Å²) >= 11 is 0. The molecular weight excluding hydrogens is 368 g/mol. The van der Waals surface area contributed by atoms with Crippen molar-refractivity contribution in [3.63, 3.8) is 0 Å². The fourth-order valence-corrected chi connectivity index (χ4v) is 4.90. The molecule has 3 atom stereocenters. The molecule has 3 aliphatic heterocycles. The first kappa shape index (κ1) is 20.3. The maximum absolute atomic E-state index is 13.4. The maximum Gasteiger partial charge on any atom is 0.247 e. The number of anilines is 1. The van der Waals surface area contributed by atoms with Gasteiger partial charge in [0.1, 0.15) is 0 Å². The predicted molar refractivity (Wildman–Crippen MR) is 111 cm³/mol. The predicted octanol–water partition coefficient (Wildman–Crippen LogP) is 1.50. The van der Waals surface area contributed by atoms with Gasteiger partial charge in [-0.05, 0) is 37.8 Å². The quantitative estimate of drug-likeness (QED) is 0.734. The zero-order chi connectivity index (χ0) is 20.2. The fourth-order valence-electron chi connectivity index (χ4n) is 4.90. The molecular formula is C22H32N4O3. The molecule has 1 N–H and O–H groups in total. The van der Waals surface area contributed by atoms with Crippen LogP contribution in [0.25, 0.3) is 0 Å². The molecule has 7 nitrogen and oxygen atoms in total.